The smallest absolute Gasteiger partial charge is 0.193 e. The summed E-state index contributed by atoms with van der Waals surface area (Å²) in [7, 11) is 3.15. The van der Waals surface area contributed by atoms with E-state index in [4.69, 9.17) is 9.57 Å². The fourth-order valence-corrected chi connectivity index (χ4v) is 3.01. The van der Waals surface area contributed by atoms with Gasteiger partial charge in [0, 0.05) is 16.7 Å². The Morgan fingerprint density at radius 3 is 2.52 bits per heavy atom. The molecule has 0 amide bonds. The zero-order valence-electron chi connectivity index (χ0n) is 13.3. The van der Waals surface area contributed by atoms with Gasteiger partial charge in [0.25, 0.3) is 0 Å². The monoisotopic (exact) mass is 309 g/mol. The van der Waals surface area contributed by atoms with E-state index in [9.17, 15) is 4.79 Å². The van der Waals surface area contributed by atoms with E-state index in [2.05, 4.69) is 11.2 Å². The maximum absolute atomic E-state index is 12.9. The highest BCUT2D eigenvalue weighted by molar-refractivity contribution is 6.17. The number of oxime groups is 1. The van der Waals surface area contributed by atoms with Crippen LogP contribution in [0.5, 0.6) is 5.75 Å². The number of ketones is 1. The molecule has 0 spiro atoms. The average Bonchev–Trinajstić information content (AvgIpc) is 2.61. The lowest BCUT2D eigenvalue weighted by atomic mass is 9.84. The molecule has 0 fully saturated rings. The van der Waals surface area contributed by atoms with E-state index < -0.39 is 0 Å². The number of carbonyl (C=O) groups is 1. The van der Waals surface area contributed by atoms with E-state index >= 15 is 0 Å². The van der Waals surface area contributed by atoms with Crippen molar-refractivity contribution in [2.45, 2.75) is 19.3 Å². The highest BCUT2D eigenvalue weighted by Crippen LogP contribution is 2.27. The molecule has 118 valence electrons. The van der Waals surface area contributed by atoms with Crippen molar-refractivity contribution in [3.63, 3.8) is 0 Å². The molecule has 0 aliphatic heterocycles. The van der Waals surface area contributed by atoms with E-state index in [1.807, 2.05) is 12.1 Å². The molecule has 0 saturated heterocycles. The van der Waals surface area contributed by atoms with Crippen molar-refractivity contribution < 1.29 is 14.4 Å². The first kappa shape index (κ1) is 15.3. The zero-order valence-corrected chi connectivity index (χ0v) is 13.3. The molecule has 0 atom stereocenters. The van der Waals surface area contributed by atoms with Crippen molar-refractivity contribution in [3.05, 3.63) is 64.7 Å². The minimum Gasteiger partial charge on any atom is -0.497 e. The Hall–Kier alpha value is -2.62. The minimum atomic E-state index is -0.00444. The van der Waals surface area contributed by atoms with Crippen LogP contribution in [0.2, 0.25) is 0 Å². The van der Waals surface area contributed by atoms with Gasteiger partial charge in [-0.1, -0.05) is 23.4 Å². The topological polar surface area (TPSA) is 47.9 Å². The lowest BCUT2D eigenvalue weighted by Gasteiger charge is -2.20. The van der Waals surface area contributed by atoms with Crippen LogP contribution in [0.15, 0.2) is 47.6 Å². The molecule has 3 rings (SSSR count). The number of fused-ring (bicyclic) bond motifs is 1. The van der Waals surface area contributed by atoms with Gasteiger partial charge in [0.1, 0.15) is 12.9 Å². The van der Waals surface area contributed by atoms with Crippen molar-refractivity contribution in [1.29, 1.82) is 0 Å². The number of nitrogens with zero attached hydrogens (tertiary/aromatic N) is 1. The number of aryl methyl sites for hydroxylation is 1. The lowest BCUT2D eigenvalue weighted by Crippen LogP contribution is -2.18. The summed E-state index contributed by atoms with van der Waals surface area (Å²) in [6.45, 7) is 0. The first-order valence-electron chi connectivity index (χ1n) is 7.65. The molecule has 23 heavy (non-hydrogen) atoms. The molecule has 0 radical (unpaired) electrons. The van der Waals surface area contributed by atoms with Crippen LogP contribution in [0.4, 0.5) is 0 Å². The summed E-state index contributed by atoms with van der Waals surface area (Å²) in [5.74, 6) is 0.730. The van der Waals surface area contributed by atoms with Gasteiger partial charge in [-0.25, -0.2) is 0 Å². The predicted molar refractivity (Wildman–Crippen MR) is 89.4 cm³/mol. The van der Waals surface area contributed by atoms with Gasteiger partial charge in [-0.3, -0.25) is 4.79 Å². The summed E-state index contributed by atoms with van der Waals surface area (Å²) in [5, 5.41) is 4.13. The van der Waals surface area contributed by atoms with Crippen molar-refractivity contribution in [1.82, 2.24) is 0 Å². The fraction of sp³-hybridized carbons (Fsp3) is 0.263. The predicted octanol–water partition coefficient (Wildman–Crippen LogP) is 3.61. The summed E-state index contributed by atoms with van der Waals surface area (Å²) in [4.78, 5) is 17.9. The summed E-state index contributed by atoms with van der Waals surface area (Å²) in [5.41, 5.74) is 4.27. The Morgan fingerprint density at radius 2 is 1.83 bits per heavy atom. The van der Waals surface area contributed by atoms with Crippen molar-refractivity contribution >= 4 is 11.5 Å². The van der Waals surface area contributed by atoms with E-state index in [1.54, 1.807) is 31.4 Å². The Morgan fingerprint density at radius 1 is 1.04 bits per heavy atom. The summed E-state index contributed by atoms with van der Waals surface area (Å²) in [6, 6.07) is 13.0. The zero-order chi connectivity index (χ0) is 16.2. The number of carbonyl (C=O) groups excluding carboxylic acids is 1. The fourth-order valence-electron chi connectivity index (χ4n) is 3.01. The molecular weight excluding hydrogens is 290 g/mol. The second-order valence-corrected chi connectivity index (χ2v) is 5.47. The highest BCUT2D eigenvalue weighted by atomic mass is 16.6. The Labute approximate surface area is 135 Å². The van der Waals surface area contributed by atoms with Crippen molar-refractivity contribution in [2.75, 3.05) is 14.2 Å². The number of benzene rings is 2. The van der Waals surface area contributed by atoms with Gasteiger partial charge in [-0.05, 0) is 49.1 Å². The Balaban J connectivity index is 2.05. The van der Waals surface area contributed by atoms with Crippen LogP contribution in [-0.2, 0) is 11.3 Å². The highest BCUT2D eigenvalue weighted by Gasteiger charge is 2.23. The number of rotatable bonds is 4. The quantitative estimate of drug-likeness (QED) is 0.640. The van der Waals surface area contributed by atoms with Crippen LogP contribution < -0.4 is 4.74 Å². The average molecular weight is 309 g/mol. The maximum Gasteiger partial charge on any atom is 0.193 e. The van der Waals surface area contributed by atoms with E-state index in [0.29, 0.717) is 11.1 Å². The molecule has 1 aliphatic carbocycles. The first-order valence-corrected chi connectivity index (χ1v) is 7.65. The third-order valence-corrected chi connectivity index (χ3v) is 4.10. The number of hydrogen-bond donors (Lipinski definition) is 0. The molecule has 0 N–H and O–H groups in total. The number of ether oxygens (including phenoxy) is 1. The van der Waals surface area contributed by atoms with Crippen molar-refractivity contribution in [3.8, 4) is 5.75 Å². The molecule has 4 nitrogen and oxygen atoms in total. The van der Waals surface area contributed by atoms with Crippen LogP contribution in [0, 0.1) is 0 Å². The number of methoxy groups -OCH3 is 1. The van der Waals surface area contributed by atoms with Gasteiger partial charge >= 0.3 is 0 Å². The minimum absolute atomic E-state index is 0.00444. The van der Waals surface area contributed by atoms with Gasteiger partial charge in [0.2, 0.25) is 0 Å². The Kier molecular flexibility index (Phi) is 4.42. The molecule has 2 aromatic carbocycles. The second kappa shape index (κ2) is 6.65. The molecular formula is C19H19NO3. The van der Waals surface area contributed by atoms with E-state index in [-0.39, 0.29) is 5.78 Å². The largest absolute Gasteiger partial charge is 0.497 e. The standard InChI is InChI=1S/C19H19NO3/c1-22-15-11-9-14(10-12-15)19(21)16-7-3-5-13-6-4-8-17(18(13)16)20-23-2/h3,5,7,9-12H,4,6,8H2,1-2H3/b20-17+. The van der Waals surface area contributed by atoms with Gasteiger partial charge in [-0.2, -0.15) is 0 Å². The van der Waals surface area contributed by atoms with Gasteiger partial charge < -0.3 is 9.57 Å². The summed E-state index contributed by atoms with van der Waals surface area (Å²) >= 11 is 0. The van der Waals surface area contributed by atoms with Gasteiger partial charge in [0.05, 0.1) is 12.8 Å². The molecule has 0 unspecified atom stereocenters. The SMILES string of the molecule is CO/N=C1\CCCc2cccc(C(=O)c3ccc(OC)cc3)c21. The van der Waals surface area contributed by atoms with Crippen LogP contribution in [0.25, 0.3) is 0 Å². The Bertz CT molecular complexity index is 748. The van der Waals surface area contributed by atoms with Crippen LogP contribution in [-0.4, -0.2) is 25.7 Å². The molecule has 0 aromatic heterocycles. The van der Waals surface area contributed by atoms with E-state index in [0.717, 1.165) is 41.9 Å². The lowest BCUT2D eigenvalue weighted by molar-refractivity contribution is 0.103. The molecule has 4 heteroatoms. The van der Waals surface area contributed by atoms with Crippen LogP contribution in [0.3, 0.4) is 0 Å². The first-order chi connectivity index (χ1) is 11.2. The molecule has 0 bridgehead atoms. The van der Waals surface area contributed by atoms with Gasteiger partial charge in [-0.15, -0.1) is 0 Å². The molecule has 2 aromatic rings. The van der Waals surface area contributed by atoms with E-state index in [1.165, 1.54) is 7.11 Å². The molecule has 1 aliphatic rings. The van der Waals surface area contributed by atoms with Crippen LogP contribution >= 0.6 is 0 Å². The maximum atomic E-state index is 12.9. The second-order valence-electron chi connectivity index (χ2n) is 5.47. The normalized spacial score (nSPS) is 15.1. The third-order valence-electron chi connectivity index (χ3n) is 4.10. The molecule has 0 saturated carbocycles. The van der Waals surface area contributed by atoms with Gasteiger partial charge in [0.15, 0.2) is 5.78 Å². The van der Waals surface area contributed by atoms with Crippen molar-refractivity contribution in [2.24, 2.45) is 5.16 Å². The number of hydrogen-bond acceptors (Lipinski definition) is 4. The molecule has 0 heterocycles. The third kappa shape index (κ3) is 2.97. The van der Waals surface area contributed by atoms with Crippen LogP contribution in [0.1, 0.15) is 39.9 Å². The summed E-state index contributed by atoms with van der Waals surface area (Å²) in [6.07, 6.45) is 2.81. The summed E-state index contributed by atoms with van der Waals surface area (Å²) < 4.78 is 5.15.